The normalized spacial score (nSPS) is 17.1. The summed E-state index contributed by atoms with van der Waals surface area (Å²) < 4.78 is 10.8. The summed E-state index contributed by atoms with van der Waals surface area (Å²) in [5, 5.41) is 11.6. The maximum absolute atomic E-state index is 12.2. The number of carboxylic acids is 1. The quantitative estimate of drug-likeness (QED) is 0.876. The standard InChI is InChI=1S/C16H16N2O5/c19-15(13-14(23-9-18-13)12-2-1-7-22-12)17-8-10-3-5-11(6-4-10)16(20)21/h3-6,9,12H,1-2,7-8H2,(H,17,19)(H,20,21)/t12-/m1/s1. The highest BCUT2D eigenvalue weighted by Gasteiger charge is 2.27. The van der Waals surface area contributed by atoms with Crippen molar-refractivity contribution >= 4 is 11.9 Å². The largest absolute Gasteiger partial charge is 0.478 e. The fourth-order valence-corrected chi connectivity index (χ4v) is 2.47. The molecule has 0 saturated carbocycles. The number of aromatic nitrogens is 1. The van der Waals surface area contributed by atoms with E-state index in [1.165, 1.54) is 18.5 Å². The van der Waals surface area contributed by atoms with Crippen LogP contribution >= 0.6 is 0 Å². The molecule has 1 aliphatic rings. The fraction of sp³-hybridized carbons (Fsp3) is 0.312. The Kier molecular flexibility index (Phi) is 4.38. The third-order valence-electron chi connectivity index (χ3n) is 3.69. The van der Waals surface area contributed by atoms with Gasteiger partial charge in [-0.25, -0.2) is 9.78 Å². The summed E-state index contributed by atoms with van der Waals surface area (Å²) in [6.45, 7) is 0.929. The van der Waals surface area contributed by atoms with Gasteiger partial charge in [0.2, 0.25) is 0 Å². The molecule has 23 heavy (non-hydrogen) atoms. The van der Waals surface area contributed by atoms with Gasteiger partial charge < -0.3 is 19.6 Å². The number of carbonyl (C=O) groups is 2. The van der Waals surface area contributed by atoms with Crippen LogP contribution in [0.3, 0.4) is 0 Å². The molecule has 1 fully saturated rings. The van der Waals surface area contributed by atoms with E-state index < -0.39 is 5.97 Å². The minimum Gasteiger partial charge on any atom is -0.478 e. The Morgan fingerprint density at radius 1 is 1.30 bits per heavy atom. The monoisotopic (exact) mass is 316 g/mol. The zero-order valence-corrected chi connectivity index (χ0v) is 12.3. The van der Waals surface area contributed by atoms with Crippen molar-refractivity contribution < 1.29 is 23.8 Å². The van der Waals surface area contributed by atoms with Crippen molar-refractivity contribution in [1.29, 1.82) is 0 Å². The molecule has 1 atom stereocenters. The molecule has 2 N–H and O–H groups in total. The average molecular weight is 316 g/mol. The van der Waals surface area contributed by atoms with Crippen LogP contribution in [0.4, 0.5) is 0 Å². The molecule has 1 saturated heterocycles. The van der Waals surface area contributed by atoms with Crippen LogP contribution in [0.15, 0.2) is 35.1 Å². The maximum atomic E-state index is 12.2. The van der Waals surface area contributed by atoms with Gasteiger partial charge in [0.15, 0.2) is 17.8 Å². The molecule has 1 aliphatic heterocycles. The summed E-state index contributed by atoms with van der Waals surface area (Å²) in [5.41, 5.74) is 1.24. The van der Waals surface area contributed by atoms with Gasteiger partial charge in [-0.3, -0.25) is 4.79 Å². The van der Waals surface area contributed by atoms with Crippen LogP contribution in [0, 0.1) is 0 Å². The number of rotatable bonds is 5. The van der Waals surface area contributed by atoms with Gasteiger partial charge >= 0.3 is 5.97 Å². The van der Waals surface area contributed by atoms with Crippen LogP contribution in [-0.2, 0) is 11.3 Å². The van der Waals surface area contributed by atoms with Gasteiger partial charge in [-0.05, 0) is 30.5 Å². The van der Waals surface area contributed by atoms with Gasteiger partial charge in [0, 0.05) is 13.2 Å². The van der Waals surface area contributed by atoms with Crippen molar-refractivity contribution in [2.24, 2.45) is 0 Å². The first-order chi connectivity index (χ1) is 11.1. The van der Waals surface area contributed by atoms with Crippen molar-refractivity contribution in [3.63, 3.8) is 0 Å². The number of hydrogen-bond acceptors (Lipinski definition) is 5. The zero-order valence-electron chi connectivity index (χ0n) is 12.3. The predicted molar refractivity (Wildman–Crippen MR) is 79.0 cm³/mol. The third kappa shape index (κ3) is 3.40. The molecule has 7 heteroatoms. The van der Waals surface area contributed by atoms with Crippen LogP contribution < -0.4 is 5.32 Å². The Hall–Kier alpha value is -2.67. The molecule has 7 nitrogen and oxygen atoms in total. The Morgan fingerprint density at radius 2 is 2.09 bits per heavy atom. The first-order valence-corrected chi connectivity index (χ1v) is 7.30. The second kappa shape index (κ2) is 6.62. The van der Waals surface area contributed by atoms with Gasteiger partial charge in [-0.2, -0.15) is 0 Å². The van der Waals surface area contributed by atoms with Gasteiger partial charge in [0.25, 0.3) is 5.91 Å². The number of oxazole rings is 1. The number of nitrogens with zero attached hydrogens (tertiary/aromatic N) is 1. The zero-order chi connectivity index (χ0) is 16.2. The first-order valence-electron chi connectivity index (χ1n) is 7.30. The highest BCUT2D eigenvalue weighted by molar-refractivity contribution is 5.93. The van der Waals surface area contributed by atoms with Gasteiger partial charge in [-0.15, -0.1) is 0 Å². The number of carboxylic acid groups (broad SMARTS) is 1. The number of ether oxygens (including phenoxy) is 1. The van der Waals surface area contributed by atoms with E-state index in [0.717, 1.165) is 18.4 Å². The van der Waals surface area contributed by atoms with Gasteiger partial charge in [0.1, 0.15) is 6.10 Å². The number of aromatic carboxylic acids is 1. The number of benzene rings is 1. The highest BCUT2D eigenvalue weighted by Crippen LogP contribution is 2.30. The van der Waals surface area contributed by atoms with Crippen molar-refractivity contribution in [2.75, 3.05) is 6.61 Å². The van der Waals surface area contributed by atoms with Crippen LogP contribution in [-0.4, -0.2) is 28.6 Å². The van der Waals surface area contributed by atoms with Crippen LogP contribution in [0.2, 0.25) is 0 Å². The number of carbonyl (C=O) groups excluding carboxylic acids is 1. The summed E-state index contributed by atoms with van der Waals surface area (Å²) in [7, 11) is 0. The molecule has 0 aliphatic carbocycles. The number of nitrogens with one attached hydrogen (secondary N) is 1. The Labute approximate surface area is 132 Å². The van der Waals surface area contributed by atoms with E-state index in [1.54, 1.807) is 12.1 Å². The Balaban J connectivity index is 1.63. The van der Waals surface area contributed by atoms with Gasteiger partial charge in [0.05, 0.1) is 5.56 Å². The van der Waals surface area contributed by atoms with E-state index in [4.69, 9.17) is 14.3 Å². The van der Waals surface area contributed by atoms with Crippen molar-refractivity contribution in [3.8, 4) is 0 Å². The molecular weight excluding hydrogens is 300 g/mol. The summed E-state index contributed by atoms with van der Waals surface area (Å²) in [4.78, 5) is 27.0. The lowest BCUT2D eigenvalue weighted by Gasteiger charge is -2.08. The summed E-state index contributed by atoms with van der Waals surface area (Å²) in [6.07, 6.45) is 2.77. The molecule has 0 spiro atoms. The molecule has 0 radical (unpaired) electrons. The number of hydrogen-bond donors (Lipinski definition) is 2. The average Bonchev–Trinajstić information content (AvgIpc) is 3.23. The lowest BCUT2D eigenvalue weighted by atomic mass is 10.1. The second-order valence-electron chi connectivity index (χ2n) is 5.25. The van der Waals surface area contributed by atoms with Crippen molar-refractivity contribution in [3.05, 3.63) is 53.2 Å². The van der Waals surface area contributed by atoms with Crippen molar-refractivity contribution in [2.45, 2.75) is 25.5 Å². The van der Waals surface area contributed by atoms with E-state index >= 15 is 0 Å². The lowest BCUT2D eigenvalue weighted by Crippen LogP contribution is -2.24. The number of amides is 1. The van der Waals surface area contributed by atoms with Gasteiger partial charge in [-0.1, -0.05) is 12.1 Å². The van der Waals surface area contributed by atoms with E-state index in [-0.39, 0.29) is 29.8 Å². The van der Waals surface area contributed by atoms with Crippen LogP contribution in [0.1, 0.15) is 51.1 Å². The topological polar surface area (TPSA) is 102 Å². The van der Waals surface area contributed by atoms with E-state index in [2.05, 4.69) is 10.3 Å². The minimum absolute atomic E-state index is 0.206. The van der Waals surface area contributed by atoms with Crippen LogP contribution in [0.5, 0.6) is 0 Å². The molecule has 2 heterocycles. The molecule has 0 unspecified atom stereocenters. The molecule has 2 aromatic rings. The predicted octanol–water partition coefficient (Wildman–Crippen LogP) is 2.15. The summed E-state index contributed by atoms with van der Waals surface area (Å²) >= 11 is 0. The molecule has 1 aromatic carbocycles. The summed E-state index contributed by atoms with van der Waals surface area (Å²) in [5.74, 6) is -0.864. The maximum Gasteiger partial charge on any atom is 0.335 e. The minimum atomic E-state index is -0.982. The van der Waals surface area contributed by atoms with E-state index in [0.29, 0.717) is 12.4 Å². The Bertz CT molecular complexity index is 702. The fourth-order valence-electron chi connectivity index (χ4n) is 2.47. The molecule has 3 rings (SSSR count). The second-order valence-corrected chi connectivity index (χ2v) is 5.25. The van der Waals surface area contributed by atoms with E-state index in [9.17, 15) is 9.59 Å². The third-order valence-corrected chi connectivity index (χ3v) is 3.69. The Morgan fingerprint density at radius 3 is 2.74 bits per heavy atom. The first kappa shape index (κ1) is 15.2. The highest BCUT2D eigenvalue weighted by atomic mass is 16.5. The van der Waals surface area contributed by atoms with Crippen LogP contribution in [0.25, 0.3) is 0 Å². The molecule has 0 bridgehead atoms. The lowest BCUT2D eigenvalue weighted by molar-refractivity contribution is 0.0696. The van der Waals surface area contributed by atoms with Crippen molar-refractivity contribution in [1.82, 2.24) is 10.3 Å². The molecule has 1 aromatic heterocycles. The molecular formula is C16H16N2O5. The SMILES string of the molecule is O=C(O)c1ccc(CNC(=O)c2ncoc2[C@H]2CCCO2)cc1. The molecule has 1 amide bonds. The van der Waals surface area contributed by atoms with E-state index in [1.807, 2.05) is 0 Å². The smallest absolute Gasteiger partial charge is 0.335 e. The molecule has 120 valence electrons. The summed E-state index contributed by atoms with van der Waals surface area (Å²) in [6, 6.07) is 6.32.